The summed E-state index contributed by atoms with van der Waals surface area (Å²) in [4.78, 5) is 23.8. The lowest BCUT2D eigenvalue weighted by molar-refractivity contribution is -0.386. The van der Waals surface area contributed by atoms with E-state index in [2.05, 4.69) is 0 Å². The average molecular weight is 292 g/mol. The Hall–Kier alpha value is -2.11. The predicted octanol–water partition coefficient (Wildman–Crippen LogP) is 2.94. The summed E-state index contributed by atoms with van der Waals surface area (Å²) >= 11 is 0. The Kier molecular flexibility index (Phi) is 4.77. The molecule has 21 heavy (non-hydrogen) atoms. The normalized spacial score (nSPS) is 18.6. The van der Waals surface area contributed by atoms with Gasteiger partial charge in [-0.25, -0.2) is 0 Å². The van der Waals surface area contributed by atoms with Gasteiger partial charge in [0.1, 0.15) is 6.29 Å². The van der Waals surface area contributed by atoms with Crippen LogP contribution in [0.15, 0.2) is 18.2 Å². The molecule has 0 N–H and O–H groups in total. The average Bonchev–Trinajstić information content (AvgIpc) is 2.46. The Bertz CT molecular complexity index is 530. The molecule has 114 valence electrons. The molecule has 1 unspecified atom stereocenters. The van der Waals surface area contributed by atoms with Gasteiger partial charge in [0.2, 0.25) is 0 Å². The molecule has 0 spiro atoms. The number of ether oxygens (including phenoxy) is 1. The second-order valence-electron chi connectivity index (χ2n) is 5.47. The van der Waals surface area contributed by atoms with Crippen molar-refractivity contribution in [3.8, 4) is 5.75 Å². The molecule has 6 heteroatoms. The number of piperidine rings is 1. The van der Waals surface area contributed by atoms with E-state index in [0.29, 0.717) is 0 Å². The Labute approximate surface area is 123 Å². The van der Waals surface area contributed by atoms with Crippen LogP contribution in [0.25, 0.3) is 0 Å². The second kappa shape index (κ2) is 6.56. The maximum Gasteiger partial charge on any atom is 0.311 e. The first-order valence-corrected chi connectivity index (χ1v) is 7.20. The van der Waals surface area contributed by atoms with E-state index >= 15 is 0 Å². The van der Waals surface area contributed by atoms with Crippen molar-refractivity contribution < 1.29 is 14.5 Å². The van der Waals surface area contributed by atoms with Crippen molar-refractivity contribution in [2.75, 3.05) is 11.4 Å². The van der Waals surface area contributed by atoms with Crippen LogP contribution in [0.4, 0.5) is 11.4 Å². The molecule has 6 nitrogen and oxygen atoms in total. The fraction of sp³-hybridized carbons (Fsp3) is 0.533. The molecule has 1 aromatic rings. The van der Waals surface area contributed by atoms with Crippen LogP contribution in [0.3, 0.4) is 0 Å². The molecule has 1 fully saturated rings. The molecular formula is C15H20N2O4. The molecule has 1 aliphatic rings. The zero-order valence-corrected chi connectivity index (χ0v) is 12.3. The zero-order valence-electron chi connectivity index (χ0n) is 12.3. The third kappa shape index (κ3) is 3.51. The molecule has 0 bridgehead atoms. The Balaban J connectivity index is 2.35. The monoisotopic (exact) mass is 292 g/mol. The summed E-state index contributed by atoms with van der Waals surface area (Å²) in [5.41, 5.74) is 0.750. The summed E-state index contributed by atoms with van der Waals surface area (Å²) in [5, 5.41) is 11.1. The van der Waals surface area contributed by atoms with Crippen LogP contribution in [0, 0.1) is 10.1 Å². The number of aldehydes is 1. The molecule has 0 saturated carbocycles. The maximum atomic E-state index is 11.2. The first kappa shape index (κ1) is 15.3. The van der Waals surface area contributed by atoms with E-state index in [1.54, 1.807) is 12.1 Å². The fourth-order valence-corrected chi connectivity index (χ4v) is 2.60. The number of nitro benzene ring substituents is 1. The molecule has 0 radical (unpaired) electrons. The van der Waals surface area contributed by atoms with E-state index in [0.717, 1.165) is 37.8 Å². The molecule has 0 aromatic heterocycles. The number of hydrogen-bond acceptors (Lipinski definition) is 5. The smallest absolute Gasteiger partial charge is 0.311 e. The van der Waals surface area contributed by atoms with Gasteiger partial charge in [-0.2, -0.15) is 0 Å². The predicted molar refractivity (Wildman–Crippen MR) is 79.9 cm³/mol. The van der Waals surface area contributed by atoms with Crippen molar-refractivity contribution in [3.63, 3.8) is 0 Å². The van der Waals surface area contributed by atoms with Crippen LogP contribution in [-0.2, 0) is 4.79 Å². The van der Waals surface area contributed by atoms with Crippen molar-refractivity contribution in [1.29, 1.82) is 0 Å². The number of carbonyl (C=O) groups excluding carboxylic acids is 1. The molecule has 2 rings (SSSR count). The fourth-order valence-electron chi connectivity index (χ4n) is 2.60. The highest BCUT2D eigenvalue weighted by Crippen LogP contribution is 2.34. The molecule has 1 heterocycles. The highest BCUT2D eigenvalue weighted by molar-refractivity contribution is 5.68. The standard InChI is InChI=1S/C15H20N2O4/c1-11(2)21-15-9-12(6-7-14(15)17(19)20)16-8-4-3-5-13(16)10-18/h6-7,9-11,13H,3-5,8H2,1-2H3. The Morgan fingerprint density at radius 1 is 1.43 bits per heavy atom. The molecule has 1 saturated heterocycles. The van der Waals surface area contributed by atoms with Gasteiger partial charge in [0.25, 0.3) is 0 Å². The number of nitro groups is 1. The number of carbonyl (C=O) groups is 1. The van der Waals surface area contributed by atoms with Crippen LogP contribution < -0.4 is 9.64 Å². The van der Waals surface area contributed by atoms with E-state index in [9.17, 15) is 14.9 Å². The third-order valence-electron chi connectivity index (χ3n) is 3.54. The number of anilines is 1. The van der Waals surface area contributed by atoms with E-state index in [-0.39, 0.29) is 23.6 Å². The van der Waals surface area contributed by atoms with Crippen LogP contribution >= 0.6 is 0 Å². The van der Waals surface area contributed by atoms with Gasteiger partial charge in [0.05, 0.1) is 17.1 Å². The van der Waals surface area contributed by atoms with Crippen molar-refractivity contribution >= 4 is 17.7 Å². The minimum absolute atomic E-state index is 0.0490. The number of benzene rings is 1. The summed E-state index contributed by atoms with van der Waals surface area (Å²) in [5.74, 6) is 0.253. The van der Waals surface area contributed by atoms with Crippen LogP contribution in [0.1, 0.15) is 33.1 Å². The summed E-state index contributed by atoms with van der Waals surface area (Å²) in [6.07, 6.45) is 3.66. The topological polar surface area (TPSA) is 72.7 Å². The van der Waals surface area contributed by atoms with Gasteiger partial charge >= 0.3 is 5.69 Å². The minimum atomic E-state index is -0.450. The van der Waals surface area contributed by atoms with Crippen LogP contribution in [0.5, 0.6) is 5.75 Å². The summed E-state index contributed by atoms with van der Waals surface area (Å²) < 4.78 is 5.55. The molecule has 1 aliphatic heterocycles. The van der Waals surface area contributed by atoms with Crippen molar-refractivity contribution in [3.05, 3.63) is 28.3 Å². The first-order chi connectivity index (χ1) is 10.0. The van der Waals surface area contributed by atoms with E-state index < -0.39 is 4.92 Å². The molecule has 1 atom stereocenters. The lowest BCUT2D eigenvalue weighted by atomic mass is 10.0. The second-order valence-corrected chi connectivity index (χ2v) is 5.47. The number of rotatable bonds is 5. The van der Waals surface area contributed by atoms with Gasteiger partial charge in [-0.1, -0.05) is 0 Å². The highest BCUT2D eigenvalue weighted by atomic mass is 16.6. The van der Waals surface area contributed by atoms with Crippen molar-refractivity contribution in [1.82, 2.24) is 0 Å². The van der Waals surface area contributed by atoms with E-state index in [1.165, 1.54) is 6.07 Å². The summed E-state index contributed by atoms with van der Waals surface area (Å²) in [6, 6.07) is 4.64. The lowest BCUT2D eigenvalue weighted by Gasteiger charge is -2.34. The molecule has 0 aliphatic carbocycles. The van der Waals surface area contributed by atoms with Gasteiger partial charge in [0.15, 0.2) is 5.75 Å². The largest absolute Gasteiger partial charge is 0.484 e. The first-order valence-electron chi connectivity index (χ1n) is 7.20. The minimum Gasteiger partial charge on any atom is -0.484 e. The molecule has 1 aromatic carbocycles. The van der Waals surface area contributed by atoms with E-state index in [1.807, 2.05) is 18.7 Å². The van der Waals surface area contributed by atoms with Crippen molar-refractivity contribution in [2.24, 2.45) is 0 Å². The molecule has 0 amide bonds. The molecular weight excluding hydrogens is 272 g/mol. The number of nitrogens with zero attached hydrogens (tertiary/aromatic N) is 2. The lowest BCUT2D eigenvalue weighted by Crippen LogP contribution is -2.40. The zero-order chi connectivity index (χ0) is 15.4. The Morgan fingerprint density at radius 3 is 2.81 bits per heavy atom. The van der Waals surface area contributed by atoms with Gasteiger partial charge in [0, 0.05) is 24.4 Å². The van der Waals surface area contributed by atoms with Gasteiger partial charge in [-0.05, 0) is 39.2 Å². The van der Waals surface area contributed by atoms with Crippen molar-refractivity contribution in [2.45, 2.75) is 45.3 Å². The Morgan fingerprint density at radius 2 is 2.19 bits per heavy atom. The summed E-state index contributed by atoms with van der Waals surface area (Å²) in [6.45, 7) is 4.43. The highest BCUT2D eigenvalue weighted by Gasteiger charge is 2.25. The maximum absolute atomic E-state index is 11.2. The number of hydrogen-bond donors (Lipinski definition) is 0. The SMILES string of the molecule is CC(C)Oc1cc(N2CCCCC2C=O)ccc1[N+](=O)[O-]. The van der Waals surface area contributed by atoms with Gasteiger partial charge in [-0.15, -0.1) is 0 Å². The van der Waals surface area contributed by atoms with Crippen LogP contribution in [0.2, 0.25) is 0 Å². The quantitative estimate of drug-likeness (QED) is 0.474. The third-order valence-corrected chi connectivity index (χ3v) is 3.54. The van der Waals surface area contributed by atoms with E-state index in [4.69, 9.17) is 4.74 Å². The van der Waals surface area contributed by atoms with Crippen LogP contribution in [-0.4, -0.2) is 29.9 Å². The summed E-state index contributed by atoms with van der Waals surface area (Å²) in [7, 11) is 0. The van der Waals surface area contributed by atoms with Gasteiger partial charge in [-0.3, -0.25) is 10.1 Å². The van der Waals surface area contributed by atoms with Gasteiger partial charge < -0.3 is 14.4 Å².